The smallest absolute Gasteiger partial charge is 0.241 e. The van der Waals surface area contributed by atoms with Gasteiger partial charge in [-0.05, 0) is 42.5 Å². The van der Waals surface area contributed by atoms with Crippen molar-refractivity contribution in [3.63, 3.8) is 0 Å². The second kappa shape index (κ2) is 7.61. The molecule has 0 atom stereocenters. The van der Waals surface area contributed by atoms with Crippen molar-refractivity contribution >= 4 is 33.2 Å². The van der Waals surface area contributed by atoms with Crippen LogP contribution < -0.4 is 14.8 Å². The summed E-state index contributed by atoms with van der Waals surface area (Å²) in [6.45, 7) is -0.483. The largest absolute Gasteiger partial charge is 0.495 e. The fraction of sp³-hybridized carbons (Fsp3) is 0.133. The molecule has 2 aromatic rings. The predicted molar refractivity (Wildman–Crippen MR) is 88.2 cm³/mol. The number of ether oxygens (including phenoxy) is 1. The molecule has 0 fully saturated rings. The third kappa shape index (κ3) is 4.67. The Morgan fingerprint density at radius 2 is 1.88 bits per heavy atom. The number of carbonyl (C=O) groups is 1. The Kier molecular flexibility index (Phi) is 5.76. The Balaban J connectivity index is 1.97. The highest BCUT2D eigenvalue weighted by Crippen LogP contribution is 2.27. The number of amides is 1. The molecule has 0 aliphatic carbocycles. The van der Waals surface area contributed by atoms with Gasteiger partial charge in [-0.2, -0.15) is 0 Å². The van der Waals surface area contributed by atoms with Gasteiger partial charge in [0.05, 0.1) is 23.6 Å². The van der Waals surface area contributed by atoms with Gasteiger partial charge in [0.25, 0.3) is 0 Å². The lowest BCUT2D eigenvalue weighted by Gasteiger charge is -2.09. The number of hydrogen-bond acceptors (Lipinski definition) is 4. The van der Waals surface area contributed by atoms with Crippen molar-refractivity contribution in [2.75, 3.05) is 19.0 Å². The summed E-state index contributed by atoms with van der Waals surface area (Å²) in [6, 6.07) is 8.88. The molecular formula is C15H14ClFN2O4S. The van der Waals surface area contributed by atoms with Crippen molar-refractivity contribution in [2.45, 2.75) is 4.90 Å². The lowest BCUT2D eigenvalue weighted by Crippen LogP contribution is -2.32. The Hall–Kier alpha value is -2.16. The number of hydrogen-bond donors (Lipinski definition) is 2. The molecule has 128 valence electrons. The third-order valence-corrected chi connectivity index (χ3v) is 4.69. The number of benzene rings is 2. The topological polar surface area (TPSA) is 84.5 Å². The van der Waals surface area contributed by atoms with Crippen molar-refractivity contribution in [3.05, 3.63) is 53.3 Å². The summed E-state index contributed by atoms with van der Waals surface area (Å²) in [6.07, 6.45) is 0. The number of sulfonamides is 1. The standard InChI is InChI=1S/C15H14ClFN2O4S/c1-23-14-7-4-11(8-13(14)16)19-15(20)9-18-24(21,22)12-5-2-10(17)3-6-12/h2-8,18H,9H2,1H3,(H,19,20). The Morgan fingerprint density at radius 1 is 1.21 bits per heavy atom. The van der Waals surface area contributed by atoms with E-state index in [1.54, 1.807) is 12.1 Å². The van der Waals surface area contributed by atoms with Crippen LogP contribution in [0.2, 0.25) is 5.02 Å². The molecule has 0 aliphatic rings. The molecule has 2 rings (SSSR count). The summed E-state index contributed by atoms with van der Waals surface area (Å²) in [5, 5.41) is 2.81. The van der Waals surface area contributed by atoms with E-state index < -0.39 is 28.3 Å². The van der Waals surface area contributed by atoms with E-state index in [1.165, 1.54) is 13.2 Å². The molecule has 0 saturated carbocycles. The van der Waals surface area contributed by atoms with Gasteiger partial charge in [0.2, 0.25) is 15.9 Å². The highest BCUT2D eigenvalue weighted by molar-refractivity contribution is 7.89. The molecule has 0 unspecified atom stereocenters. The molecule has 0 radical (unpaired) electrons. The van der Waals surface area contributed by atoms with E-state index >= 15 is 0 Å². The number of halogens is 2. The van der Waals surface area contributed by atoms with Gasteiger partial charge in [0, 0.05) is 5.69 Å². The average molecular weight is 373 g/mol. The number of anilines is 1. The van der Waals surface area contributed by atoms with Crippen LogP contribution in [-0.2, 0) is 14.8 Å². The fourth-order valence-corrected chi connectivity index (χ4v) is 3.05. The van der Waals surface area contributed by atoms with Crippen LogP contribution in [0.25, 0.3) is 0 Å². The Bertz CT molecular complexity index is 841. The van der Waals surface area contributed by atoms with Gasteiger partial charge in [-0.1, -0.05) is 11.6 Å². The molecule has 2 aromatic carbocycles. The maximum absolute atomic E-state index is 12.8. The van der Waals surface area contributed by atoms with Gasteiger partial charge < -0.3 is 10.1 Å². The Labute approximate surface area is 143 Å². The minimum absolute atomic E-state index is 0.135. The highest BCUT2D eigenvalue weighted by Gasteiger charge is 2.15. The first-order chi connectivity index (χ1) is 11.3. The molecule has 0 heterocycles. The first-order valence-electron chi connectivity index (χ1n) is 6.70. The van der Waals surface area contributed by atoms with Gasteiger partial charge in [-0.3, -0.25) is 4.79 Å². The minimum Gasteiger partial charge on any atom is -0.495 e. The fourth-order valence-electron chi connectivity index (χ4n) is 1.81. The van der Waals surface area contributed by atoms with Gasteiger partial charge in [0.15, 0.2) is 0 Å². The summed E-state index contributed by atoms with van der Waals surface area (Å²) in [4.78, 5) is 11.7. The lowest BCUT2D eigenvalue weighted by atomic mass is 10.3. The van der Waals surface area contributed by atoms with E-state index in [0.29, 0.717) is 16.5 Å². The highest BCUT2D eigenvalue weighted by atomic mass is 35.5. The molecule has 24 heavy (non-hydrogen) atoms. The zero-order chi connectivity index (χ0) is 17.7. The Morgan fingerprint density at radius 3 is 2.46 bits per heavy atom. The summed E-state index contributed by atoms with van der Waals surface area (Å²) < 4.78 is 43.9. The number of nitrogens with one attached hydrogen (secondary N) is 2. The normalized spacial score (nSPS) is 11.1. The zero-order valence-electron chi connectivity index (χ0n) is 12.5. The van der Waals surface area contributed by atoms with Crippen molar-refractivity contribution < 1.29 is 22.3 Å². The maximum Gasteiger partial charge on any atom is 0.241 e. The van der Waals surface area contributed by atoms with Crippen LogP contribution in [0.4, 0.5) is 10.1 Å². The molecule has 0 aliphatic heterocycles. The van der Waals surface area contributed by atoms with E-state index in [-0.39, 0.29) is 4.90 Å². The number of methoxy groups -OCH3 is 1. The van der Waals surface area contributed by atoms with Gasteiger partial charge in [0.1, 0.15) is 11.6 Å². The van der Waals surface area contributed by atoms with Crippen molar-refractivity contribution in [1.29, 1.82) is 0 Å². The van der Waals surface area contributed by atoms with Crippen LogP contribution in [0.1, 0.15) is 0 Å². The monoisotopic (exact) mass is 372 g/mol. The van der Waals surface area contributed by atoms with Gasteiger partial charge in [-0.15, -0.1) is 0 Å². The van der Waals surface area contributed by atoms with E-state index in [2.05, 4.69) is 10.0 Å². The van der Waals surface area contributed by atoms with E-state index in [4.69, 9.17) is 16.3 Å². The zero-order valence-corrected chi connectivity index (χ0v) is 14.1. The second-order valence-corrected chi connectivity index (χ2v) is 6.85. The second-order valence-electron chi connectivity index (χ2n) is 4.68. The molecule has 0 aromatic heterocycles. The van der Waals surface area contributed by atoms with Gasteiger partial charge >= 0.3 is 0 Å². The molecule has 0 bridgehead atoms. The van der Waals surface area contributed by atoms with Crippen LogP contribution in [-0.4, -0.2) is 28.0 Å². The van der Waals surface area contributed by atoms with Crippen LogP contribution >= 0.6 is 11.6 Å². The summed E-state index contributed by atoms with van der Waals surface area (Å²) in [5.74, 6) is -0.684. The molecule has 1 amide bonds. The van der Waals surface area contributed by atoms with Crippen molar-refractivity contribution in [1.82, 2.24) is 4.72 Å². The lowest BCUT2D eigenvalue weighted by molar-refractivity contribution is -0.115. The predicted octanol–water partition coefficient (Wildman–Crippen LogP) is 2.40. The van der Waals surface area contributed by atoms with E-state index in [0.717, 1.165) is 24.3 Å². The summed E-state index contributed by atoms with van der Waals surface area (Å²) >= 11 is 5.94. The summed E-state index contributed by atoms with van der Waals surface area (Å²) in [5.41, 5.74) is 0.395. The third-order valence-electron chi connectivity index (χ3n) is 2.98. The summed E-state index contributed by atoms with van der Waals surface area (Å²) in [7, 11) is -2.44. The molecule has 0 spiro atoms. The van der Waals surface area contributed by atoms with Crippen molar-refractivity contribution in [3.8, 4) is 5.75 Å². The minimum atomic E-state index is -3.91. The SMILES string of the molecule is COc1ccc(NC(=O)CNS(=O)(=O)c2ccc(F)cc2)cc1Cl. The first kappa shape index (κ1) is 18.2. The van der Waals surface area contributed by atoms with Crippen LogP contribution in [0.5, 0.6) is 5.75 Å². The van der Waals surface area contributed by atoms with Crippen LogP contribution in [0.15, 0.2) is 47.4 Å². The number of rotatable bonds is 6. The number of carbonyl (C=O) groups excluding carboxylic acids is 1. The molecule has 9 heteroatoms. The average Bonchev–Trinajstić information content (AvgIpc) is 2.54. The molecule has 0 saturated heterocycles. The van der Waals surface area contributed by atoms with E-state index in [9.17, 15) is 17.6 Å². The quantitative estimate of drug-likeness (QED) is 0.815. The van der Waals surface area contributed by atoms with Crippen molar-refractivity contribution in [2.24, 2.45) is 0 Å². The van der Waals surface area contributed by atoms with Crippen LogP contribution in [0, 0.1) is 5.82 Å². The first-order valence-corrected chi connectivity index (χ1v) is 8.56. The van der Waals surface area contributed by atoms with Gasteiger partial charge in [-0.25, -0.2) is 17.5 Å². The maximum atomic E-state index is 12.8. The van der Waals surface area contributed by atoms with Crippen LogP contribution in [0.3, 0.4) is 0 Å². The van der Waals surface area contributed by atoms with E-state index in [1.807, 2.05) is 0 Å². The molecule has 6 nitrogen and oxygen atoms in total. The molecule has 2 N–H and O–H groups in total. The molecular weight excluding hydrogens is 359 g/mol.